The highest BCUT2D eigenvalue weighted by atomic mass is 79.9. The second-order valence-corrected chi connectivity index (χ2v) is 8.27. The molecule has 0 heterocycles. The minimum absolute atomic E-state index is 0.341. The number of unbranched alkanes of at least 4 members (excludes halogenated alkanes) is 4. The smallest absolute Gasteiger partial charge is 0.129 e. The van der Waals surface area contributed by atoms with E-state index in [4.69, 9.17) is 0 Å². The first-order valence-corrected chi connectivity index (χ1v) is 10.5. The van der Waals surface area contributed by atoms with E-state index in [9.17, 15) is 5.11 Å². The van der Waals surface area contributed by atoms with Gasteiger partial charge in [-0.25, -0.2) is 0 Å². The van der Waals surface area contributed by atoms with E-state index in [-0.39, 0.29) is 0 Å². The zero-order chi connectivity index (χ0) is 16.5. The molecule has 1 aliphatic carbocycles. The lowest BCUT2D eigenvalue weighted by molar-refractivity contribution is 0.248. The Morgan fingerprint density at radius 2 is 1.61 bits per heavy atom. The highest BCUT2D eigenvalue weighted by molar-refractivity contribution is 9.10. The number of rotatable bonds is 9. The van der Waals surface area contributed by atoms with Crippen LogP contribution < -0.4 is 0 Å². The maximum atomic E-state index is 9.56. The van der Waals surface area contributed by atoms with Gasteiger partial charge in [-0.15, -0.1) is 0 Å². The van der Waals surface area contributed by atoms with Gasteiger partial charge in [0.05, 0.1) is 4.47 Å². The van der Waals surface area contributed by atoms with Crippen LogP contribution in [-0.4, -0.2) is 5.11 Å². The zero-order valence-electron chi connectivity index (χ0n) is 14.7. The molecule has 1 aromatic carbocycles. The van der Waals surface area contributed by atoms with E-state index < -0.39 is 0 Å². The fourth-order valence-corrected chi connectivity index (χ4v) is 4.35. The summed E-state index contributed by atoms with van der Waals surface area (Å²) in [6, 6.07) is 5.92. The molecule has 0 aromatic heterocycles. The first-order valence-electron chi connectivity index (χ1n) is 9.66. The molecule has 1 fully saturated rings. The molecule has 23 heavy (non-hydrogen) atoms. The van der Waals surface area contributed by atoms with Crippen molar-refractivity contribution in [1.82, 2.24) is 0 Å². The quantitative estimate of drug-likeness (QED) is 0.447. The Bertz CT molecular complexity index is 449. The number of hydrogen-bond donors (Lipinski definition) is 1. The molecule has 2 heteroatoms. The van der Waals surface area contributed by atoms with E-state index in [2.05, 4.69) is 35.0 Å². The minimum atomic E-state index is 0.341. The van der Waals surface area contributed by atoms with Crippen LogP contribution in [0.3, 0.4) is 0 Å². The number of aromatic hydroxyl groups is 1. The molecule has 0 amide bonds. The van der Waals surface area contributed by atoms with Gasteiger partial charge in [0.1, 0.15) is 5.75 Å². The van der Waals surface area contributed by atoms with Crippen LogP contribution in [0.5, 0.6) is 5.75 Å². The van der Waals surface area contributed by atoms with Crippen molar-refractivity contribution in [3.8, 4) is 5.75 Å². The number of benzene rings is 1. The predicted molar refractivity (Wildman–Crippen MR) is 103 cm³/mol. The van der Waals surface area contributed by atoms with Crippen LogP contribution in [0.2, 0.25) is 0 Å². The molecule has 1 aromatic rings. The summed E-state index contributed by atoms with van der Waals surface area (Å²) < 4.78 is 0.821. The monoisotopic (exact) mass is 380 g/mol. The molecule has 0 atom stereocenters. The van der Waals surface area contributed by atoms with Crippen molar-refractivity contribution in [1.29, 1.82) is 0 Å². The van der Waals surface area contributed by atoms with Crippen LogP contribution >= 0.6 is 15.9 Å². The Labute approximate surface area is 151 Å². The predicted octanol–water partition coefficient (Wildman–Crippen LogP) is 7.25. The summed E-state index contributed by atoms with van der Waals surface area (Å²) in [5.41, 5.74) is 1.34. The molecule has 1 aliphatic rings. The Balaban J connectivity index is 1.60. The summed E-state index contributed by atoms with van der Waals surface area (Å²) in [7, 11) is 0. The standard InChI is InChI=1S/C21H33BrO/c1-2-3-4-5-6-7-17-8-10-18(11-9-17)12-13-19-14-15-21(23)20(22)16-19/h14-18,23H,2-13H2,1H3/t17-,18-. The van der Waals surface area contributed by atoms with Crippen molar-refractivity contribution in [2.45, 2.75) is 84.0 Å². The first-order chi connectivity index (χ1) is 11.2. The second-order valence-electron chi connectivity index (χ2n) is 7.41. The maximum Gasteiger partial charge on any atom is 0.129 e. The maximum absolute atomic E-state index is 9.56. The number of aryl methyl sites for hydroxylation is 1. The molecule has 1 nitrogen and oxygen atoms in total. The fourth-order valence-electron chi connectivity index (χ4n) is 3.92. The van der Waals surface area contributed by atoms with Crippen LogP contribution in [0.25, 0.3) is 0 Å². The van der Waals surface area contributed by atoms with Gasteiger partial charge in [-0.05, 0) is 58.3 Å². The van der Waals surface area contributed by atoms with Crippen molar-refractivity contribution >= 4 is 15.9 Å². The van der Waals surface area contributed by atoms with Crippen molar-refractivity contribution in [2.24, 2.45) is 11.8 Å². The average Bonchev–Trinajstić information content (AvgIpc) is 2.57. The van der Waals surface area contributed by atoms with Crippen LogP contribution in [0, 0.1) is 11.8 Å². The van der Waals surface area contributed by atoms with E-state index in [1.54, 1.807) is 6.07 Å². The van der Waals surface area contributed by atoms with Crippen molar-refractivity contribution in [3.63, 3.8) is 0 Å². The van der Waals surface area contributed by atoms with Gasteiger partial charge < -0.3 is 5.11 Å². The Morgan fingerprint density at radius 3 is 2.26 bits per heavy atom. The molecule has 1 saturated carbocycles. The Kier molecular flexibility index (Phi) is 8.50. The van der Waals surface area contributed by atoms with Gasteiger partial charge in [-0.1, -0.05) is 77.2 Å². The molecule has 0 saturated heterocycles. The van der Waals surface area contributed by atoms with Crippen molar-refractivity contribution in [3.05, 3.63) is 28.2 Å². The largest absolute Gasteiger partial charge is 0.507 e. The van der Waals surface area contributed by atoms with Gasteiger partial charge in [0.2, 0.25) is 0 Å². The lowest BCUT2D eigenvalue weighted by atomic mass is 9.78. The number of phenols is 1. The van der Waals surface area contributed by atoms with Crippen molar-refractivity contribution in [2.75, 3.05) is 0 Å². The zero-order valence-corrected chi connectivity index (χ0v) is 16.3. The minimum Gasteiger partial charge on any atom is -0.507 e. The van der Waals surface area contributed by atoms with E-state index in [0.29, 0.717) is 5.75 Å². The van der Waals surface area contributed by atoms with Gasteiger partial charge in [-0.2, -0.15) is 0 Å². The Morgan fingerprint density at radius 1 is 0.957 bits per heavy atom. The van der Waals surface area contributed by atoms with E-state index in [1.165, 1.54) is 76.2 Å². The van der Waals surface area contributed by atoms with Gasteiger partial charge in [0.15, 0.2) is 0 Å². The third kappa shape index (κ3) is 6.87. The molecule has 0 spiro atoms. The van der Waals surface area contributed by atoms with E-state index in [1.807, 2.05) is 0 Å². The number of hydrogen-bond acceptors (Lipinski definition) is 1. The third-order valence-electron chi connectivity index (χ3n) is 5.54. The van der Waals surface area contributed by atoms with Gasteiger partial charge in [0, 0.05) is 0 Å². The summed E-state index contributed by atoms with van der Waals surface area (Å²) in [4.78, 5) is 0. The van der Waals surface area contributed by atoms with Gasteiger partial charge in [-0.3, -0.25) is 0 Å². The normalized spacial score (nSPS) is 21.5. The third-order valence-corrected chi connectivity index (χ3v) is 6.17. The van der Waals surface area contributed by atoms with E-state index in [0.717, 1.165) is 22.7 Å². The number of halogens is 1. The summed E-state index contributed by atoms with van der Waals surface area (Å²) in [6.45, 7) is 2.29. The van der Waals surface area contributed by atoms with E-state index >= 15 is 0 Å². The SMILES string of the molecule is CCCCCCC[C@H]1CC[C@H](CCc2ccc(O)c(Br)c2)CC1. The lowest BCUT2D eigenvalue weighted by Crippen LogP contribution is -2.15. The molecule has 0 bridgehead atoms. The lowest BCUT2D eigenvalue weighted by Gasteiger charge is -2.28. The molecule has 2 rings (SSSR count). The molecular formula is C21H33BrO. The molecule has 0 radical (unpaired) electrons. The number of phenolic OH excluding ortho intramolecular Hbond substituents is 1. The van der Waals surface area contributed by atoms with Crippen LogP contribution in [0.4, 0.5) is 0 Å². The Hall–Kier alpha value is -0.500. The molecule has 1 N–H and O–H groups in total. The molecule has 0 unspecified atom stereocenters. The van der Waals surface area contributed by atoms with Crippen LogP contribution in [0.15, 0.2) is 22.7 Å². The topological polar surface area (TPSA) is 20.2 Å². The van der Waals surface area contributed by atoms with Crippen LogP contribution in [-0.2, 0) is 6.42 Å². The van der Waals surface area contributed by atoms with Crippen LogP contribution in [0.1, 0.15) is 83.1 Å². The summed E-state index contributed by atoms with van der Waals surface area (Å²) in [5.74, 6) is 2.27. The molecule has 0 aliphatic heterocycles. The van der Waals surface area contributed by atoms with Gasteiger partial charge >= 0.3 is 0 Å². The summed E-state index contributed by atoms with van der Waals surface area (Å²) in [5, 5.41) is 9.56. The summed E-state index contributed by atoms with van der Waals surface area (Å²) in [6.07, 6.45) is 16.8. The second kappa shape index (κ2) is 10.4. The van der Waals surface area contributed by atoms with Gasteiger partial charge in [0.25, 0.3) is 0 Å². The highest BCUT2D eigenvalue weighted by Crippen LogP contribution is 2.34. The molecule has 130 valence electrons. The summed E-state index contributed by atoms with van der Waals surface area (Å²) >= 11 is 3.41. The van der Waals surface area contributed by atoms with Crippen molar-refractivity contribution < 1.29 is 5.11 Å². The first kappa shape index (κ1) is 18.8. The highest BCUT2D eigenvalue weighted by Gasteiger charge is 2.20. The molecular weight excluding hydrogens is 348 g/mol. The average molecular weight is 381 g/mol. The fraction of sp³-hybridized carbons (Fsp3) is 0.714.